The summed E-state index contributed by atoms with van der Waals surface area (Å²) in [7, 11) is 3.33. The van der Waals surface area contributed by atoms with Crippen molar-refractivity contribution in [3.8, 4) is 11.5 Å². The van der Waals surface area contributed by atoms with E-state index in [1.54, 1.807) is 14.2 Å². The first kappa shape index (κ1) is 23.8. The number of hydrogen-bond acceptors (Lipinski definition) is 5. The van der Waals surface area contributed by atoms with Crippen molar-refractivity contribution in [2.75, 3.05) is 19.1 Å². The second-order valence-corrected chi connectivity index (χ2v) is 9.19. The minimum Gasteiger partial charge on any atom is -0.497 e. The van der Waals surface area contributed by atoms with Gasteiger partial charge in [0.2, 0.25) is 0 Å². The zero-order valence-electron chi connectivity index (χ0n) is 20.8. The van der Waals surface area contributed by atoms with Gasteiger partial charge in [0, 0.05) is 42.6 Å². The summed E-state index contributed by atoms with van der Waals surface area (Å²) in [5, 5.41) is 4.15. The van der Waals surface area contributed by atoms with Crippen molar-refractivity contribution in [2.45, 2.75) is 32.5 Å². The van der Waals surface area contributed by atoms with Gasteiger partial charge >= 0.3 is 0 Å². The molecule has 1 N–H and O–H groups in total. The molecule has 0 saturated carbocycles. The maximum Gasteiger partial charge on any atom is 0.174 e. The number of hydrogen-bond donors (Lipinski definition) is 1. The molecule has 2 unspecified atom stereocenters. The molecule has 8 heteroatoms. The molecular formula is C28H29N5O2S. The van der Waals surface area contributed by atoms with Gasteiger partial charge in [-0.3, -0.25) is 9.97 Å². The predicted molar refractivity (Wildman–Crippen MR) is 145 cm³/mol. The first-order chi connectivity index (χ1) is 17.5. The van der Waals surface area contributed by atoms with Gasteiger partial charge in [0.25, 0.3) is 0 Å². The smallest absolute Gasteiger partial charge is 0.174 e. The van der Waals surface area contributed by atoms with Crippen molar-refractivity contribution in [3.05, 3.63) is 101 Å². The van der Waals surface area contributed by atoms with Crippen LogP contribution in [-0.4, -0.2) is 33.9 Å². The minimum atomic E-state index is -0.149. The highest BCUT2D eigenvalue weighted by Crippen LogP contribution is 2.46. The maximum atomic E-state index is 5.93. The summed E-state index contributed by atoms with van der Waals surface area (Å²) in [6, 6.07) is 17.8. The molecule has 1 aliphatic heterocycles. The van der Waals surface area contributed by atoms with Gasteiger partial charge < -0.3 is 24.3 Å². The molecular weight excluding hydrogens is 470 g/mol. The second kappa shape index (κ2) is 9.99. The van der Waals surface area contributed by atoms with E-state index in [9.17, 15) is 0 Å². The highest BCUT2D eigenvalue weighted by atomic mass is 32.1. The summed E-state index contributed by atoms with van der Waals surface area (Å²) in [5.74, 6) is 1.45. The van der Waals surface area contributed by atoms with Gasteiger partial charge in [-0.1, -0.05) is 6.07 Å². The van der Waals surface area contributed by atoms with Gasteiger partial charge in [0.05, 0.1) is 37.7 Å². The summed E-state index contributed by atoms with van der Waals surface area (Å²) in [6.07, 6.45) is 5.48. The molecule has 7 nitrogen and oxygen atoms in total. The van der Waals surface area contributed by atoms with Gasteiger partial charge in [-0.15, -0.1) is 0 Å². The van der Waals surface area contributed by atoms with E-state index >= 15 is 0 Å². The molecule has 184 valence electrons. The number of aryl methyl sites for hydroxylation is 1. The van der Waals surface area contributed by atoms with Crippen molar-refractivity contribution in [3.63, 3.8) is 0 Å². The second-order valence-electron chi connectivity index (χ2n) is 8.80. The highest BCUT2D eigenvalue weighted by molar-refractivity contribution is 7.80. The van der Waals surface area contributed by atoms with Crippen molar-refractivity contribution in [1.29, 1.82) is 0 Å². The van der Waals surface area contributed by atoms with Crippen LogP contribution in [-0.2, 0) is 6.54 Å². The van der Waals surface area contributed by atoms with Crippen LogP contribution >= 0.6 is 12.2 Å². The monoisotopic (exact) mass is 499 g/mol. The fraction of sp³-hybridized carbons (Fsp3) is 0.250. The van der Waals surface area contributed by atoms with Crippen LogP contribution in [0.2, 0.25) is 0 Å². The molecule has 0 bridgehead atoms. The molecule has 1 aliphatic rings. The third kappa shape index (κ3) is 4.28. The first-order valence-corrected chi connectivity index (χ1v) is 12.2. The number of nitrogens with zero attached hydrogens (tertiary/aromatic N) is 4. The number of anilines is 1. The topological polar surface area (TPSA) is 64.4 Å². The Hall–Kier alpha value is -3.91. The standard InChI is InChI=1S/C28H29N5O2S/c1-18-15-22(19(2)32(18)17-20-10-13-29-14-11-20)27-26(23-7-5-6-12-30-23)31-28(36)33(27)24-16-21(34-3)8-9-25(24)35-4/h5-16,26-27H,17H2,1-4H3,(H,31,36). The van der Waals surface area contributed by atoms with Gasteiger partial charge in [-0.2, -0.15) is 0 Å². The van der Waals surface area contributed by atoms with Crippen LogP contribution in [0.5, 0.6) is 11.5 Å². The summed E-state index contributed by atoms with van der Waals surface area (Å²) in [6.45, 7) is 5.08. The first-order valence-electron chi connectivity index (χ1n) is 11.8. The van der Waals surface area contributed by atoms with Crippen LogP contribution in [0, 0.1) is 13.8 Å². The highest BCUT2D eigenvalue weighted by Gasteiger charge is 2.43. The molecule has 3 aromatic heterocycles. The lowest BCUT2D eigenvalue weighted by atomic mass is 9.96. The van der Waals surface area contributed by atoms with Crippen LogP contribution in [0.15, 0.2) is 73.2 Å². The molecule has 0 aliphatic carbocycles. The van der Waals surface area contributed by atoms with E-state index in [0.29, 0.717) is 5.11 Å². The Balaban J connectivity index is 1.66. The molecule has 5 rings (SSSR count). The molecule has 1 aromatic carbocycles. The summed E-state index contributed by atoms with van der Waals surface area (Å²) >= 11 is 5.93. The number of thiocarbonyl (C=S) groups is 1. The number of aromatic nitrogens is 3. The van der Waals surface area contributed by atoms with E-state index in [4.69, 9.17) is 21.7 Å². The van der Waals surface area contributed by atoms with Crippen LogP contribution in [0.1, 0.15) is 40.3 Å². The minimum absolute atomic E-state index is 0.147. The fourth-order valence-electron chi connectivity index (χ4n) is 4.96. The zero-order valence-corrected chi connectivity index (χ0v) is 21.6. The number of methoxy groups -OCH3 is 2. The largest absolute Gasteiger partial charge is 0.497 e. The van der Waals surface area contributed by atoms with E-state index in [0.717, 1.165) is 29.4 Å². The Kier molecular flexibility index (Phi) is 6.61. The third-order valence-electron chi connectivity index (χ3n) is 6.77. The van der Waals surface area contributed by atoms with Gasteiger partial charge in [0.1, 0.15) is 11.5 Å². The molecule has 0 amide bonds. The Bertz CT molecular complexity index is 1370. The molecule has 4 aromatic rings. The zero-order chi connectivity index (χ0) is 25.2. The van der Waals surface area contributed by atoms with E-state index in [2.05, 4.69) is 56.8 Å². The quantitative estimate of drug-likeness (QED) is 0.353. The van der Waals surface area contributed by atoms with Gasteiger partial charge in [0.15, 0.2) is 5.11 Å². The summed E-state index contributed by atoms with van der Waals surface area (Å²) in [5.41, 5.74) is 6.49. The molecule has 36 heavy (non-hydrogen) atoms. The molecule has 2 atom stereocenters. The normalized spacial score (nSPS) is 17.2. The molecule has 0 spiro atoms. The molecule has 0 radical (unpaired) electrons. The molecule has 1 fully saturated rings. The van der Waals surface area contributed by atoms with Crippen molar-refractivity contribution >= 4 is 23.0 Å². The van der Waals surface area contributed by atoms with Crippen LogP contribution in [0.3, 0.4) is 0 Å². The number of benzene rings is 1. The third-order valence-corrected chi connectivity index (χ3v) is 7.08. The van der Waals surface area contributed by atoms with Crippen LogP contribution in [0.4, 0.5) is 5.69 Å². The Morgan fingerprint density at radius 2 is 1.78 bits per heavy atom. The van der Waals surface area contributed by atoms with E-state index in [1.807, 2.05) is 55.0 Å². The fourth-order valence-corrected chi connectivity index (χ4v) is 5.30. The van der Waals surface area contributed by atoms with Gasteiger partial charge in [-0.25, -0.2) is 0 Å². The van der Waals surface area contributed by atoms with Crippen molar-refractivity contribution in [1.82, 2.24) is 19.9 Å². The Morgan fingerprint density at radius 3 is 2.47 bits per heavy atom. The van der Waals surface area contributed by atoms with E-state index in [1.165, 1.54) is 22.5 Å². The predicted octanol–water partition coefficient (Wildman–Crippen LogP) is 5.14. The average molecular weight is 500 g/mol. The molecule has 4 heterocycles. The van der Waals surface area contributed by atoms with Crippen LogP contribution in [0.25, 0.3) is 0 Å². The van der Waals surface area contributed by atoms with E-state index < -0.39 is 0 Å². The Labute approximate surface area is 216 Å². The summed E-state index contributed by atoms with van der Waals surface area (Å²) < 4.78 is 13.6. The SMILES string of the molecule is COc1ccc(OC)c(N2C(=S)NC(c3ccccn3)C2c2cc(C)n(Cc3ccncc3)c2C)c1. The van der Waals surface area contributed by atoms with Crippen molar-refractivity contribution < 1.29 is 9.47 Å². The maximum absolute atomic E-state index is 5.93. The molecule has 1 saturated heterocycles. The lowest BCUT2D eigenvalue weighted by Gasteiger charge is -2.29. The lowest BCUT2D eigenvalue weighted by molar-refractivity contribution is 0.403. The summed E-state index contributed by atoms with van der Waals surface area (Å²) in [4.78, 5) is 11.0. The van der Waals surface area contributed by atoms with Gasteiger partial charge in [-0.05, 0) is 79.7 Å². The van der Waals surface area contributed by atoms with Crippen molar-refractivity contribution in [2.24, 2.45) is 0 Å². The number of pyridine rings is 2. The van der Waals surface area contributed by atoms with E-state index in [-0.39, 0.29) is 12.1 Å². The number of ether oxygens (including phenoxy) is 2. The average Bonchev–Trinajstić information content (AvgIpc) is 3.40. The number of rotatable bonds is 7. The Morgan fingerprint density at radius 1 is 0.972 bits per heavy atom. The lowest BCUT2D eigenvalue weighted by Crippen LogP contribution is -2.30. The van der Waals surface area contributed by atoms with Crippen LogP contribution < -0.4 is 19.7 Å². The number of nitrogens with one attached hydrogen (secondary N) is 1.